The minimum absolute atomic E-state index is 0.0747. The number of hydrogen-bond donors (Lipinski definition) is 2. The van der Waals surface area contributed by atoms with E-state index in [-0.39, 0.29) is 18.0 Å². The Bertz CT molecular complexity index is 325. The van der Waals surface area contributed by atoms with Crippen molar-refractivity contribution < 1.29 is 14.7 Å². The highest BCUT2D eigenvalue weighted by Crippen LogP contribution is 2.19. The summed E-state index contributed by atoms with van der Waals surface area (Å²) in [5.74, 6) is -1.18. The van der Waals surface area contributed by atoms with Gasteiger partial charge in [-0.05, 0) is 19.3 Å². The van der Waals surface area contributed by atoms with Crippen molar-refractivity contribution >= 4 is 12.0 Å². The molecule has 2 fully saturated rings. The van der Waals surface area contributed by atoms with Gasteiger partial charge in [0.15, 0.2) is 0 Å². The number of likely N-dealkylation sites (tertiary alicyclic amines) is 1. The minimum Gasteiger partial charge on any atom is -0.481 e. The molecule has 2 amide bonds. The molecular weight excluding hydrogens is 244 g/mol. The van der Waals surface area contributed by atoms with Crippen LogP contribution in [0.15, 0.2) is 0 Å². The lowest BCUT2D eigenvalue weighted by molar-refractivity contribution is -0.141. The summed E-state index contributed by atoms with van der Waals surface area (Å²) in [5, 5.41) is 12.0. The highest BCUT2D eigenvalue weighted by atomic mass is 16.4. The Labute approximate surface area is 114 Å². The van der Waals surface area contributed by atoms with Gasteiger partial charge in [-0.3, -0.25) is 4.79 Å². The first kappa shape index (κ1) is 14.2. The van der Waals surface area contributed by atoms with Gasteiger partial charge in [0, 0.05) is 19.1 Å². The van der Waals surface area contributed by atoms with Crippen molar-refractivity contribution in [2.45, 2.75) is 57.4 Å². The quantitative estimate of drug-likeness (QED) is 0.806. The first-order valence-electron chi connectivity index (χ1n) is 7.45. The average Bonchev–Trinajstić information content (AvgIpc) is 2.82. The SMILES string of the molecule is O=C(O)C1CCN(C(=O)NC2CCCCCCC2)C1. The van der Waals surface area contributed by atoms with Crippen molar-refractivity contribution in [2.24, 2.45) is 5.92 Å². The molecule has 2 rings (SSSR count). The number of hydrogen-bond acceptors (Lipinski definition) is 2. The van der Waals surface area contributed by atoms with E-state index in [1.807, 2.05) is 0 Å². The minimum atomic E-state index is -0.791. The van der Waals surface area contributed by atoms with Crippen LogP contribution in [0.1, 0.15) is 51.4 Å². The Kier molecular flexibility index (Phi) is 5.05. The highest BCUT2D eigenvalue weighted by molar-refractivity contribution is 5.77. The fraction of sp³-hybridized carbons (Fsp3) is 0.857. The zero-order valence-corrected chi connectivity index (χ0v) is 11.4. The molecule has 5 nitrogen and oxygen atoms in total. The average molecular weight is 268 g/mol. The monoisotopic (exact) mass is 268 g/mol. The summed E-state index contributed by atoms with van der Waals surface area (Å²) in [4.78, 5) is 24.6. The highest BCUT2D eigenvalue weighted by Gasteiger charge is 2.31. The van der Waals surface area contributed by atoms with Crippen LogP contribution in [0.2, 0.25) is 0 Å². The first-order valence-corrected chi connectivity index (χ1v) is 7.45. The summed E-state index contributed by atoms with van der Waals surface area (Å²) >= 11 is 0. The smallest absolute Gasteiger partial charge is 0.317 e. The fourth-order valence-electron chi connectivity index (χ4n) is 3.01. The zero-order chi connectivity index (χ0) is 13.7. The Morgan fingerprint density at radius 1 is 1.00 bits per heavy atom. The van der Waals surface area contributed by atoms with E-state index in [0.29, 0.717) is 19.5 Å². The van der Waals surface area contributed by atoms with E-state index in [0.717, 1.165) is 12.8 Å². The number of rotatable bonds is 2. The summed E-state index contributed by atoms with van der Waals surface area (Å²) in [7, 11) is 0. The summed E-state index contributed by atoms with van der Waals surface area (Å²) in [6.07, 6.45) is 8.89. The van der Waals surface area contributed by atoms with Crippen molar-refractivity contribution in [2.75, 3.05) is 13.1 Å². The molecule has 108 valence electrons. The number of carboxylic acids is 1. The second-order valence-corrected chi connectivity index (χ2v) is 5.76. The van der Waals surface area contributed by atoms with Gasteiger partial charge in [0.05, 0.1) is 5.92 Å². The van der Waals surface area contributed by atoms with Gasteiger partial charge in [0.25, 0.3) is 0 Å². The van der Waals surface area contributed by atoms with Gasteiger partial charge in [0.1, 0.15) is 0 Å². The third-order valence-electron chi connectivity index (χ3n) is 4.26. The number of aliphatic carboxylic acids is 1. The molecule has 1 saturated heterocycles. The fourth-order valence-corrected chi connectivity index (χ4v) is 3.01. The Balaban J connectivity index is 1.78. The molecule has 0 bridgehead atoms. The summed E-state index contributed by atoms with van der Waals surface area (Å²) < 4.78 is 0. The summed E-state index contributed by atoms with van der Waals surface area (Å²) in [6, 6.07) is 0.200. The maximum absolute atomic E-state index is 12.1. The van der Waals surface area contributed by atoms with E-state index < -0.39 is 5.97 Å². The molecule has 0 aromatic heterocycles. The third-order valence-corrected chi connectivity index (χ3v) is 4.26. The van der Waals surface area contributed by atoms with Gasteiger partial charge < -0.3 is 15.3 Å². The zero-order valence-electron chi connectivity index (χ0n) is 11.4. The lowest BCUT2D eigenvalue weighted by atomic mass is 9.97. The maximum Gasteiger partial charge on any atom is 0.317 e. The van der Waals surface area contributed by atoms with E-state index in [9.17, 15) is 9.59 Å². The van der Waals surface area contributed by atoms with Crippen molar-refractivity contribution in [1.29, 1.82) is 0 Å². The predicted molar refractivity (Wildman–Crippen MR) is 72.0 cm³/mol. The number of carboxylic acid groups (broad SMARTS) is 1. The third kappa shape index (κ3) is 4.11. The van der Waals surface area contributed by atoms with E-state index in [4.69, 9.17) is 5.11 Å². The van der Waals surface area contributed by atoms with E-state index in [1.54, 1.807) is 4.90 Å². The molecule has 5 heteroatoms. The molecule has 0 aromatic rings. The largest absolute Gasteiger partial charge is 0.481 e. The van der Waals surface area contributed by atoms with E-state index >= 15 is 0 Å². The molecule has 0 radical (unpaired) electrons. The van der Waals surface area contributed by atoms with Crippen molar-refractivity contribution in [3.8, 4) is 0 Å². The molecule has 0 spiro atoms. The molecule has 1 atom stereocenters. The predicted octanol–water partition coefficient (Wildman–Crippen LogP) is 2.22. The van der Waals surface area contributed by atoms with Crippen LogP contribution >= 0.6 is 0 Å². The van der Waals surface area contributed by atoms with Crippen LogP contribution in [-0.2, 0) is 4.79 Å². The van der Waals surface area contributed by atoms with Gasteiger partial charge in [0.2, 0.25) is 0 Å². The molecule has 2 aliphatic rings. The molecule has 19 heavy (non-hydrogen) atoms. The number of carbonyl (C=O) groups excluding carboxylic acids is 1. The van der Waals surface area contributed by atoms with Gasteiger partial charge in [-0.25, -0.2) is 4.79 Å². The van der Waals surface area contributed by atoms with Gasteiger partial charge in [-0.2, -0.15) is 0 Å². The molecule has 1 aliphatic heterocycles. The summed E-state index contributed by atoms with van der Waals surface area (Å²) in [6.45, 7) is 0.920. The molecule has 1 heterocycles. The number of nitrogens with zero attached hydrogens (tertiary/aromatic N) is 1. The topological polar surface area (TPSA) is 69.6 Å². The van der Waals surface area contributed by atoms with Crippen LogP contribution in [0.3, 0.4) is 0 Å². The number of carbonyl (C=O) groups is 2. The van der Waals surface area contributed by atoms with E-state index in [2.05, 4.69) is 5.32 Å². The lowest BCUT2D eigenvalue weighted by Crippen LogP contribution is -2.44. The van der Waals surface area contributed by atoms with Crippen LogP contribution in [0.4, 0.5) is 4.79 Å². The number of nitrogens with one attached hydrogen (secondary N) is 1. The van der Waals surface area contributed by atoms with Crippen LogP contribution in [-0.4, -0.2) is 41.1 Å². The first-order chi connectivity index (χ1) is 9.16. The molecular formula is C14H24N2O3. The summed E-state index contributed by atoms with van der Waals surface area (Å²) in [5.41, 5.74) is 0. The number of urea groups is 1. The van der Waals surface area contributed by atoms with Crippen LogP contribution in [0, 0.1) is 5.92 Å². The normalized spacial score (nSPS) is 25.7. The van der Waals surface area contributed by atoms with Crippen molar-refractivity contribution in [1.82, 2.24) is 10.2 Å². The molecule has 0 aromatic carbocycles. The van der Waals surface area contributed by atoms with Gasteiger partial charge in [-0.15, -0.1) is 0 Å². The van der Waals surface area contributed by atoms with Gasteiger partial charge >= 0.3 is 12.0 Å². The van der Waals surface area contributed by atoms with Crippen molar-refractivity contribution in [3.63, 3.8) is 0 Å². The standard InChI is InChI=1S/C14H24N2O3/c17-13(18)11-8-9-16(10-11)14(19)15-12-6-4-2-1-3-5-7-12/h11-12H,1-10H2,(H,15,19)(H,17,18). The van der Waals surface area contributed by atoms with Gasteiger partial charge in [-0.1, -0.05) is 32.1 Å². The van der Waals surface area contributed by atoms with Crippen molar-refractivity contribution in [3.05, 3.63) is 0 Å². The Morgan fingerprint density at radius 3 is 2.21 bits per heavy atom. The Morgan fingerprint density at radius 2 is 1.63 bits per heavy atom. The molecule has 1 aliphatic carbocycles. The second kappa shape index (κ2) is 6.78. The molecule has 1 unspecified atom stereocenters. The molecule has 2 N–H and O–H groups in total. The molecule has 1 saturated carbocycles. The Hall–Kier alpha value is -1.26. The maximum atomic E-state index is 12.1. The van der Waals surface area contributed by atoms with Crippen LogP contribution in [0.25, 0.3) is 0 Å². The van der Waals surface area contributed by atoms with Crippen LogP contribution in [0.5, 0.6) is 0 Å². The second-order valence-electron chi connectivity index (χ2n) is 5.76. The number of amides is 2. The lowest BCUT2D eigenvalue weighted by Gasteiger charge is -2.24. The van der Waals surface area contributed by atoms with E-state index in [1.165, 1.54) is 32.1 Å². The van der Waals surface area contributed by atoms with Crippen LogP contribution < -0.4 is 5.32 Å².